The maximum absolute atomic E-state index is 9.71. The van der Waals surface area contributed by atoms with Gasteiger partial charge in [-0.3, -0.25) is 0 Å². The van der Waals surface area contributed by atoms with Crippen LogP contribution in [0.2, 0.25) is 0 Å². The van der Waals surface area contributed by atoms with Crippen LogP contribution < -0.4 is 0 Å². The first-order valence-corrected chi connectivity index (χ1v) is 7.64. The fraction of sp³-hybridized carbons (Fsp3) is 0.875. The molecule has 0 aliphatic heterocycles. The third kappa shape index (κ3) is 13.6. The van der Waals surface area contributed by atoms with Gasteiger partial charge in [-0.1, -0.05) is 64.5 Å². The molecule has 1 heteroatoms. The van der Waals surface area contributed by atoms with Gasteiger partial charge in [-0.15, -0.1) is 0 Å². The highest BCUT2D eigenvalue weighted by Gasteiger charge is 2.01. The zero-order valence-corrected chi connectivity index (χ0v) is 12.0. The minimum absolute atomic E-state index is 0.0775. The number of hydrogen-bond acceptors (Lipinski definition) is 1. The van der Waals surface area contributed by atoms with Gasteiger partial charge in [0.2, 0.25) is 0 Å². The van der Waals surface area contributed by atoms with Crippen molar-refractivity contribution in [2.75, 3.05) is 0 Å². The predicted octanol–water partition coefficient (Wildman–Crippen LogP) is 5.23. The van der Waals surface area contributed by atoms with E-state index in [0.29, 0.717) is 0 Å². The molecule has 0 bridgehead atoms. The molecule has 0 radical (unpaired) electrons. The van der Waals surface area contributed by atoms with Crippen molar-refractivity contribution < 1.29 is 5.11 Å². The molecule has 0 fully saturated rings. The molecule has 1 nitrogen and oxygen atoms in total. The fourth-order valence-electron chi connectivity index (χ4n) is 1.99. The molecule has 1 unspecified atom stereocenters. The molecule has 102 valence electrons. The molecule has 1 N–H and O–H groups in total. The van der Waals surface area contributed by atoms with Gasteiger partial charge < -0.3 is 5.11 Å². The average molecular weight is 240 g/mol. The van der Waals surface area contributed by atoms with Crippen LogP contribution in [0.4, 0.5) is 0 Å². The second-order valence-electron chi connectivity index (χ2n) is 5.05. The molecule has 0 aromatic heterocycles. The van der Waals surface area contributed by atoms with Gasteiger partial charge in [0.25, 0.3) is 0 Å². The van der Waals surface area contributed by atoms with Crippen LogP contribution in [-0.4, -0.2) is 11.2 Å². The van der Waals surface area contributed by atoms with E-state index in [1.165, 1.54) is 51.4 Å². The molecule has 0 saturated carbocycles. The van der Waals surface area contributed by atoms with Crippen molar-refractivity contribution in [1.82, 2.24) is 0 Å². The van der Waals surface area contributed by atoms with Crippen LogP contribution in [0.15, 0.2) is 12.2 Å². The van der Waals surface area contributed by atoms with Crippen LogP contribution >= 0.6 is 0 Å². The molecule has 0 rings (SSSR count). The number of hydrogen-bond donors (Lipinski definition) is 1. The lowest BCUT2D eigenvalue weighted by atomic mass is 10.1. The molecule has 17 heavy (non-hydrogen) atoms. The fourth-order valence-corrected chi connectivity index (χ4v) is 1.99. The lowest BCUT2D eigenvalue weighted by molar-refractivity contribution is 0.152. The monoisotopic (exact) mass is 240 g/mol. The lowest BCUT2D eigenvalue weighted by Gasteiger charge is -2.07. The van der Waals surface area contributed by atoms with Crippen molar-refractivity contribution in [2.24, 2.45) is 0 Å². The highest BCUT2D eigenvalue weighted by atomic mass is 16.3. The van der Waals surface area contributed by atoms with Crippen molar-refractivity contribution in [2.45, 2.75) is 90.6 Å². The summed E-state index contributed by atoms with van der Waals surface area (Å²) in [5.41, 5.74) is 0. The Kier molecular flexibility index (Phi) is 13.5. The van der Waals surface area contributed by atoms with E-state index in [9.17, 15) is 5.11 Å². The van der Waals surface area contributed by atoms with Crippen molar-refractivity contribution in [3.63, 3.8) is 0 Å². The Bertz CT molecular complexity index is 163. The second-order valence-corrected chi connectivity index (χ2v) is 5.05. The van der Waals surface area contributed by atoms with Gasteiger partial charge in [-0.05, 0) is 32.1 Å². The summed E-state index contributed by atoms with van der Waals surface area (Å²) in [5, 5.41) is 9.71. The van der Waals surface area contributed by atoms with E-state index in [0.717, 1.165) is 19.3 Å². The van der Waals surface area contributed by atoms with Crippen molar-refractivity contribution in [1.29, 1.82) is 0 Å². The van der Waals surface area contributed by atoms with Crippen LogP contribution in [0, 0.1) is 0 Å². The number of rotatable bonds is 12. The number of unbranched alkanes of at least 4 members (excludes halogenated alkanes) is 6. The Balaban J connectivity index is 3.21. The van der Waals surface area contributed by atoms with E-state index >= 15 is 0 Å². The lowest BCUT2D eigenvalue weighted by Crippen LogP contribution is -2.05. The van der Waals surface area contributed by atoms with Gasteiger partial charge in [0.15, 0.2) is 0 Å². The van der Waals surface area contributed by atoms with Gasteiger partial charge in [0, 0.05) is 0 Å². The normalized spacial score (nSPS) is 13.4. The number of aliphatic hydroxyl groups is 1. The zero-order chi connectivity index (χ0) is 12.8. The molecular formula is C16H32O. The standard InChI is InChI=1S/C16H32O/c1-3-5-7-8-9-10-11-13-15-16(17)14-12-6-4-2/h10-11,16-17H,3-9,12-15H2,1-2H3. The van der Waals surface area contributed by atoms with Gasteiger partial charge in [-0.2, -0.15) is 0 Å². The van der Waals surface area contributed by atoms with Gasteiger partial charge in [0.1, 0.15) is 0 Å². The summed E-state index contributed by atoms with van der Waals surface area (Å²) < 4.78 is 0. The predicted molar refractivity (Wildman–Crippen MR) is 77.3 cm³/mol. The topological polar surface area (TPSA) is 20.2 Å². The zero-order valence-electron chi connectivity index (χ0n) is 12.0. The summed E-state index contributed by atoms with van der Waals surface area (Å²) >= 11 is 0. The highest BCUT2D eigenvalue weighted by Crippen LogP contribution is 2.09. The molecule has 1 atom stereocenters. The Morgan fingerprint density at radius 2 is 1.41 bits per heavy atom. The van der Waals surface area contributed by atoms with Crippen LogP contribution in [0.25, 0.3) is 0 Å². The third-order valence-electron chi connectivity index (χ3n) is 3.20. The quantitative estimate of drug-likeness (QED) is 0.365. The third-order valence-corrected chi connectivity index (χ3v) is 3.20. The molecule has 0 aliphatic carbocycles. The van der Waals surface area contributed by atoms with Gasteiger partial charge in [-0.25, -0.2) is 0 Å². The van der Waals surface area contributed by atoms with Gasteiger partial charge >= 0.3 is 0 Å². The van der Waals surface area contributed by atoms with Gasteiger partial charge in [0.05, 0.1) is 6.10 Å². The molecular weight excluding hydrogens is 208 g/mol. The SMILES string of the molecule is CCCCCCC=CCCC(O)CCCCC. The molecule has 0 spiro atoms. The molecule has 0 aliphatic rings. The van der Waals surface area contributed by atoms with E-state index in [4.69, 9.17) is 0 Å². The van der Waals surface area contributed by atoms with Crippen molar-refractivity contribution in [3.8, 4) is 0 Å². The van der Waals surface area contributed by atoms with E-state index in [2.05, 4.69) is 26.0 Å². The minimum Gasteiger partial charge on any atom is -0.393 e. The summed E-state index contributed by atoms with van der Waals surface area (Å²) in [6.45, 7) is 4.45. The van der Waals surface area contributed by atoms with E-state index in [-0.39, 0.29) is 6.10 Å². The molecule has 0 aromatic carbocycles. The molecule has 0 aromatic rings. The van der Waals surface area contributed by atoms with Crippen LogP contribution in [0.5, 0.6) is 0 Å². The average Bonchev–Trinajstić information content (AvgIpc) is 2.33. The summed E-state index contributed by atoms with van der Waals surface area (Å²) in [6, 6.07) is 0. The Hall–Kier alpha value is -0.300. The van der Waals surface area contributed by atoms with Crippen molar-refractivity contribution in [3.05, 3.63) is 12.2 Å². The maximum atomic E-state index is 9.71. The van der Waals surface area contributed by atoms with Crippen molar-refractivity contribution >= 4 is 0 Å². The highest BCUT2D eigenvalue weighted by molar-refractivity contribution is 4.82. The number of allylic oxidation sites excluding steroid dienone is 2. The summed E-state index contributed by atoms with van der Waals surface area (Å²) in [4.78, 5) is 0. The first-order valence-electron chi connectivity index (χ1n) is 7.64. The largest absolute Gasteiger partial charge is 0.393 e. The maximum Gasteiger partial charge on any atom is 0.0543 e. The van der Waals surface area contributed by atoms with Crippen LogP contribution in [0.1, 0.15) is 84.5 Å². The number of aliphatic hydroxyl groups excluding tert-OH is 1. The summed E-state index contributed by atoms with van der Waals surface area (Å²) in [7, 11) is 0. The van der Waals surface area contributed by atoms with E-state index in [1.54, 1.807) is 0 Å². The molecule has 0 heterocycles. The van der Waals surface area contributed by atoms with Crippen LogP contribution in [-0.2, 0) is 0 Å². The minimum atomic E-state index is -0.0775. The summed E-state index contributed by atoms with van der Waals surface area (Å²) in [6.07, 6.45) is 17.7. The van der Waals surface area contributed by atoms with Crippen LogP contribution in [0.3, 0.4) is 0 Å². The Morgan fingerprint density at radius 3 is 2.12 bits per heavy atom. The Morgan fingerprint density at radius 1 is 0.765 bits per heavy atom. The Labute approximate surface area is 108 Å². The van der Waals surface area contributed by atoms with E-state index in [1.807, 2.05) is 0 Å². The smallest absolute Gasteiger partial charge is 0.0543 e. The second kappa shape index (κ2) is 13.8. The summed E-state index contributed by atoms with van der Waals surface area (Å²) in [5.74, 6) is 0. The molecule has 0 amide bonds. The molecule has 0 saturated heterocycles. The first-order chi connectivity index (χ1) is 8.31. The van der Waals surface area contributed by atoms with E-state index < -0.39 is 0 Å². The first kappa shape index (κ1) is 16.7.